The van der Waals surface area contributed by atoms with Crippen LogP contribution in [0.25, 0.3) is 0 Å². The van der Waals surface area contributed by atoms with E-state index in [2.05, 4.69) is 31.2 Å². The summed E-state index contributed by atoms with van der Waals surface area (Å²) in [6.07, 6.45) is 9.15. The molecule has 1 aliphatic rings. The minimum absolute atomic E-state index is 0.268. The third-order valence-electron chi connectivity index (χ3n) is 4.59. The molecule has 1 heterocycles. The minimum Gasteiger partial charge on any atom is -0.339 e. The predicted octanol–water partition coefficient (Wildman–Crippen LogP) is 4.00. The maximum atomic E-state index is 5.52. The zero-order valence-corrected chi connectivity index (χ0v) is 13.2. The van der Waals surface area contributed by atoms with Crippen molar-refractivity contribution >= 4 is 0 Å². The fraction of sp³-hybridized carbons (Fsp3) is 0.875. The molecule has 2 unspecified atom stereocenters. The molecule has 0 spiro atoms. The van der Waals surface area contributed by atoms with Crippen LogP contribution in [0.4, 0.5) is 0 Å². The van der Waals surface area contributed by atoms with Crippen LogP contribution in [0.5, 0.6) is 0 Å². The van der Waals surface area contributed by atoms with Crippen LogP contribution in [0.2, 0.25) is 0 Å². The van der Waals surface area contributed by atoms with E-state index in [4.69, 9.17) is 9.51 Å². The van der Waals surface area contributed by atoms with Crippen molar-refractivity contribution in [2.24, 2.45) is 0 Å². The van der Waals surface area contributed by atoms with Gasteiger partial charge < -0.3 is 9.84 Å². The van der Waals surface area contributed by atoms with Gasteiger partial charge in [0.2, 0.25) is 5.89 Å². The summed E-state index contributed by atoms with van der Waals surface area (Å²) in [5, 5.41) is 7.68. The highest BCUT2D eigenvalue weighted by molar-refractivity contribution is 5.01. The fourth-order valence-electron chi connectivity index (χ4n) is 3.02. The average molecular weight is 279 g/mol. The molecule has 0 saturated heterocycles. The molecule has 0 radical (unpaired) electrons. The standard InChI is InChI=1S/C16H29N3O/c1-4-17-13(3)12(2)16-18-15(19-20-16)14-10-8-6-5-7-9-11-14/h12-14,17H,4-11H2,1-3H3. The first kappa shape index (κ1) is 15.5. The molecular formula is C16H29N3O. The van der Waals surface area contributed by atoms with E-state index in [-0.39, 0.29) is 5.92 Å². The van der Waals surface area contributed by atoms with Crippen molar-refractivity contribution in [3.63, 3.8) is 0 Å². The predicted molar refractivity (Wildman–Crippen MR) is 80.9 cm³/mol. The lowest BCUT2D eigenvalue weighted by molar-refractivity contribution is 0.325. The molecule has 2 atom stereocenters. The van der Waals surface area contributed by atoms with Crippen LogP contribution in [0.1, 0.15) is 89.3 Å². The summed E-state index contributed by atoms with van der Waals surface area (Å²) in [4.78, 5) is 4.69. The Hall–Kier alpha value is -0.900. The number of rotatable bonds is 5. The average Bonchev–Trinajstić information content (AvgIpc) is 2.87. The summed E-state index contributed by atoms with van der Waals surface area (Å²) in [6, 6.07) is 0.366. The first-order chi connectivity index (χ1) is 9.72. The van der Waals surface area contributed by atoms with E-state index in [0.29, 0.717) is 12.0 Å². The van der Waals surface area contributed by atoms with E-state index in [0.717, 1.165) is 18.3 Å². The van der Waals surface area contributed by atoms with Crippen molar-refractivity contribution in [2.75, 3.05) is 6.54 Å². The van der Waals surface area contributed by atoms with Crippen LogP contribution >= 0.6 is 0 Å². The minimum atomic E-state index is 0.268. The van der Waals surface area contributed by atoms with Crippen molar-refractivity contribution in [2.45, 2.75) is 83.6 Å². The zero-order chi connectivity index (χ0) is 14.4. The number of hydrogen-bond donors (Lipinski definition) is 1. The lowest BCUT2D eigenvalue weighted by atomic mass is 9.91. The van der Waals surface area contributed by atoms with Crippen molar-refractivity contribution in [3.05, 3.63) is 11.7 Å². The molecule has 1 fully saturated rings. The summed E-state index contributed by atoms with van der Waals surface area (Å²) in [5.41, 5.74) is 0. The summed E-state index contributed by atoms with van der Waals surface area (Å²) < 4.78 is 5.52. The Balaban J connectivity index is 1.99. The topological polar surface area (TPSA) is 51.0 Å². The van der Waals surface area contributed by atoms with E-state index in [9.17, 15) is 0 Å². The summed E-state index contributed by atoms with van der Waals surface area (Å²) >= 11 is 0. The molecule has 4 nitrogen and oxygen atoms in total. The van der Waals surface area contributed by atoms with E-state index in [1.54, 1.807) is 0 Å². The normalized spacial score (nSPS) is 21.1. The Morgan fingerprint density at radius 1 is 1.15 bits per heavy atom. The third kappa shape index (κ3) is 4.05. The summed E-state index contributed by atoms with van der Waals surface area (Å²) in [6.45, 7) is 7.42. The highest BCUT2D eigenvalue weighted by atomic mass is 16.5. The van der Waals surface area contributed by atoms with Crippen molar-refractivity contribution in [1.29, 1.82) is 0 Å². The molecule has 114 valence electrons. The van der Waals surface area contributed by atoms with Gasteiger partial charge in [0.25, 0.3) is 0 Å². The number of aromatic nitrogens is 2. The summed E-state index contributed by atoms with van der Waals surface area (Å²) in [5.74, 6) is 2.51. The van der Waals surface area contributed by atoms with Gasteiger partial charge in [-0.15, -0.1) is 0 Å². The highest BCUT2D eigenvalue weighted by Gasteiger charge is 2.23. The maximum absolute atomic E-state index is 5.52. The second-order valence-electron chi connectivity index (χ2n) is 6.17. The third-order valence-corrected chi connectivity index (χ3v) is 4.59. The molecule has 1 aliphatic carbocycles. The SMILES string of the molecule is CCNC(C)C(C)c1nc(C2CCCCCCC2)no1. The van der Waals surface area contributed by atoms with Gasteiger partial charge in [-0.1, -0.05) is 51.1 Å². The van der Waals surface area contributed by atoms with Gasteiger partial charge in [-0.25, -0.2) is 0 Å². The van der Waals surface area contributed by atoms with Crippen molar-refractivity contribution in [3.8, 4) is 0 Å². The molecule has 4 heteroatoms. The van der Waals surface area contributed by atoms with Gasteiger partial charge in [-0.3, -0.25) is 0 Å². The first-order valence-corrected chi connectivity index (χ1v) is 8.29. The monoisotopic (exact) mass is 279 g/mol. The Morgan fingerprint density at radius 3 is 2.45 bits per heavy atom. The molecule has 20 heavy (non-hydrogen) atoms. The first-order valence-electron chi connectivity index (χ1n) is 8.29. The van der Waals surface area contributed by atoms with Gasteiger partial charge in [0.15, 0.2) is 5.82 Å². The Morgan fingerprint density at radius 2 is 1.80 bits per heavy atom. The van der Waals surface area contributed by atoms with Gasteiger partial charge in [-0.2, -0.15) is 4.98 Å². The maximum Gasteiger partial charge on any atom is 0.231 e. The van der Waals surface area contributed by atoms with Gasteiger partial charge in [0, 0.05) is 12.0 Å². The summed E-state index contributed by atoms with van der Waals surface area (Å²) in [7, 11) is 0. The molecule has 0 bridgehead atoms. The van der Waals surface area contributed by atoms with E-state index in [1.807, 2.05) is 0 Å². The fourth-order valence-corrected chi connectivity index (χ4v) is 3.02. The Bertz CT molecular complexity index is 383. The number of hydrogen-bond acceptors (Lipinski definition) is 4. The lowest BCUT2D eigenvalue weighted by Gasteiger charge is -2.17. The smallest absolute Gasteiger partial charge is 0.231 e. The number of nitrogens with zero attached hydrogens (tertiary/aromatic N) is 2. The lowest BCUT2D eigenvalue weighted by Crippen LogP contribution is -2.30. The van der Waals surface area contributed by atoms with Gasteiger partial charge in [0.05, 0.1) is 5.92 Å². The molecule has 1 saturated carbocycles. The Labute approximate surface area is 122 Å². The van der Waals surface area contributed by atoms with E-state index in [1.165, 1.54) is 44.9 Å². The van der Waals surface area contributed by atoms with Crippen molar-refractivity contribution in [1.82, 2.24) is 15.5 Å². The highest BCUT2D eigenvalue weighted by Crippen LogP contribution is 2.30. The van der Waals surface area contributed by atoms with Crippen LogP contribution in [-0.2, 0) is 0 Å². The second kappa shape index (κ2) is 7.77. The van der Waals surface area contributed by atoms with E-state index >= 15 is 0 Å². The molecule has 1 aromatic heterocycles. The van der Waals surface area contributed by atoms with Crippen LogP contribution in [-0.4, -0.2) is 22.7 Å². The molecule has 0 aliphatic heterocycles. The number of nitrogens with one attached hydrogen (secondary N) is 1. The molecular weight excluding hydrogens is 250 g/mol. The largest absolute Gasteiger partial charge is 0.339 e. The molecule has 2 rings (SSSR count). The molecule has 0 aromatic carbocycles. The van der Waals surface area contributed by atoms with Gasteiger partial charge >= 0.3 is 0 Å². The van der Waals surface area contributed by atoms with Crippen LogP contribution in [0.15, 0.2) is 4.52 Å². The molecule has 1 N–H and O–H groups in total. The zero-order valence-electron chi connectivity index (χ0n) is 13.2. The van der Waals surface area contributed by atoms with Crippen LogP contribution in [0, 0.1) is 0 Å². The van der Waals surface area contributed by atoms with Gasteiger partial charge in [-0.05, 0) is 26.3 Å². The van der Waals surface area contributed by atoms with Gasteiger partial charge in [0.1, 0.15) is 0 Å². The molecule has 1 aromatic rings. The molecule has 0 amide bonds. The number of likely N-dealkylation sites (N-methyl/N-ethyl adjacent to an activating group) is 1. The van der Waals surface area contributed by atoms with E-state index < -0.39 is 0 Å². The Kier molecular flexibility index (Phi) is 6.02. The quantitative estimate of drug-likeness (QED) is 0.885. The van der Waals surface area contributed by atoms with Crippen LogP contribution in [0.3, 0.4) is 0 Å². The van der Waals surface area contributed by atoms with Crippen LogP contribution < -0.4 is 5.32 Å². The van der Waals surface area contributed by atoms with Crippen molar-refractivity contribution < 1.29 is 4.52 Å². The second-order valence-corrected chi connectivity index (χ2v) is 6.17.